The summed E-state index contributed by atoms with van der Waals surface area (Å²) in [5, 5.41) is 1.06. The molecule has 0 amide bonds. The van der Waals surface area contributed by atoms with Gasteiger partial charge in [-0.1, -0.05) is 36.7 Å². The van der Waals surface area contributed by atoms with Crippen LogP contribution in [0.5, 0.6) is 0 Å². The number of fused-ring (bicyclic) bond motifs is 5. The van der Waals surface area contributed by atoms with Crippen LogP contribution in [0.2, 0.25) is 5.15 Å². The Morgan fingerprint density at radius 2 is 2.15 bits per heavy atom. The predicted octanol–water partition coefficient (Wildman–Crippen LogP) is 4.61. The molecule has 2 aromatic heterocycles. The summed E-state index contributed by atoms with van der Waals surface area (Å²) < 4.78 is 16.6. The van der Waals surface area contributed by atoms with Crippen molar-refractivity contribution in [1.82, 2.24) is 9.55 Å². The van der Waals surface area contributed by atoms with Crippen molar-refractivity contribution >= 4 is 22.5 Å². The molecule has 1 atom stereocenters. The van der Waals surface area contributed by atoms with Crippen molar-refractivity contribution < 1.29 is 4.39 Å². The van der Waals surface area contributed by atoms with E-state index >= 15 is 0 Å². The number of nitrogens with zero attached hydrogens (tertiary/aromatic N) is 2. The van der Waals surface area contributed by atoms with Crippen molar-refractivity contribution in [2.45, 2.75) is 19.4 Å². The van der Waals surface area contributed by atoms with E-state index in [4.69, 9.17) is 11.6 Å². The van der Waals surface area contributed by atoms with Gasteiger partial charge in [-0.25, -0.2) is 9.37 Å². The van der Waals surface area contributed by atoms with Crippen LogP contribution in [0, 0.1) is 5.82 Å². The van der Waals surface area contributed by atoms with Gasteiger partial charge in [-0.3, -0.25) is 0 Å². The minimum Gasteiger partial charge on any atom is -0.340 e. The molecule has 0 N–H and O–H groups in total. The zero-order valence-corrected chi connectivity index (χ0v) is 11.7. The van der Waals surface area contributed by atoms with E-state index in [2.05, 4.69) is 22.5 Å². The predicted molar refractivity (Wildman–Crippen MR) is 78.6 cm³/mol. The van der Waals surface area contributed by atoms with Crippen LogP contribution in [-0.4, -0.2) is 9.55 Å². The number of halogens is 2. The molecule has 0 fully saturated rings. The highest BCUT2D eigenvalue weighted by Crippen LogP contribution is 2.41. The molecule has 1 aromatic carbocycles. The Morgan fingerprint density at radius 3 is 3.00 bits per heavy atom. The Hall–Kier alpha value is -1.87. The molecule has 100 valence electrons. The van der Waals surface area contributed by atoms with Crippen LogP contribution >= 0.6 is 11.6 Å². The smallest absolute Gasteiger partial charge is 0.170 e. The molecule has 0 saturated heterocycles. The van der Waals surface area contributed by atoms with Gasteiger partial charge in [-0.05, 0) is 17.7 Å². The quantitative estimate of drug-likeness (QED) is 0.552. The molecule has 0 radical (unpaired) electrons. The largest absolute Gasteiger partial charge is 0.340 e. The first-order valence-electron chi connectivity index (χ1n) is 6.59. The molecular formula is C16H12ClFN2. The van der Waals surface area contributed by atoms with Gasteiger partial charge in [0.15, 0.2) is 11.0 Å². The Labute approximate surface area is 120 Å². The Bertz CT molecular complexity index is 838. The number of pyridine rings is 1. The summed E-state index contributed by atoms with van der Waals surface area (Å²) in [4.78, 5) is 3.95. The Balaban J connectivity index is 2.13. The van der Waals surface area contributed by atoms with Gasteiger partial charge < -0.3 is 4.57 Å². The zero-order chi connectivity index (χ0) is 13.9. The Kier molecular flexibility index (Phi) is 2.42. The molecular weight excluding hydrogens is 275 g/mol. The van der Waals surface area contributed by atoms with Gasteiger partial charge in [0.25, 0.3) is 0 Å². The topological polar surface area (TPSA) is 17.8 Å². The van der Waals surface area contributed by atoms with E-state index in [0.717, 1.165) is 28.7 Å². The van der Waals surface area contributed by atoms with Crippen LogP contribution in [0.15, 0.2) is 36.5 Å². The van der Waals surface area contributed by atoms with Crippen LogP contribution in [-0.2, 0) is 6.54 Å². The van der Waals surface area contributed by atoms with Crippen molar-refractivity contribution in [3.63, 3.8) is 0 Å². The lowest BCUT2D eigenvalue weighted by molar-refractivity contribution is 0.571. The van der Waals surface area contributed by atoms with Crippen molar-refractivity contribution in [2.75, 3.05) is 0 Å². The molecule has 1 aliphatic heterocycles. The van der Waals surface area contributed by atoms with E-state index in [1.54, 1.807) is 6.20 Å². The SMILES string of the molecule is CC1Cn2c(cc3ccccc32)-c2c1cnc(Cl)c2F. The molecule has 1 unspecified atom stereocenters. The van der Waals surface area contributed by atoms with Crippen molar-refractivity contribution in [3.05, 3.63) is 53.1 Å². The zero-order valence-electron chi connectivity index (χ0n) is 10.9. The summed E-state index contributed by atoms with van der Waals surface area (Å²) >= 11 is 5.86. The third kappa shape index (κ3) is 1.47. The van der Waals surface area contributed by atoms with Crippen LogP contribution in [0.25, 0.3) is 22.2 Å². The number of hydrogen-bond acceptors (Lipinski definition) is 1. The molecule has 0 aliphatic carbocycles. The summed E-state index contributed by atoms with van der Waals surface area (Å²) in [6.07, 6.45) is 1.70. The summed E-state index contributed by atoms with van der Waals surface area (Å²) in [7, 11) is 0. The normalized spacial score (nSPS) is 17.1. The average molecular weight is 287 g/mol. The fourth-order valence-electron chi connectivity index (χ4n) is 3.10. The fraction of sp³-hybridized carbons (Fsp3) is 0.188. The highest BCUT2D eigenvalue weighted by Gasteiger charge is 2.27. The molecule has 0 saturated carbocycles. The summed E-state index contributed by atoms with van der Waals surface area (Å²) in [6, 6.07) is 10.1. The van der Waals surface area contributed by atoms with E-state index in [9.17, 15) is 4.39 Å². The molecule has 3 aromatic rings. The van der Waals surface area contributed by atoms with Crippen molar-refractivity contribution in [1.29, 1.82) is 0 Å². The second kappa shape index (κ2) is 4.06. The molecule has 1 aliphatic rings. The van der Waals surface area contributed by atoms with Gasteiger partial charge >= 0.3 is 0 Å². The van der Waals surface area contributed by atoms with Crippen molar-refractivity contribution in [2.24, 2.45) is 0 Å². The maximum Gasteiger partial charge on any atom is 0.170 e. The van der Waals surface area contributed by atoms with Gasteiger partial charge in [0.05, 0.1) is 5.69 Å². The van der Waals surface area contributed by atoms with E-state index < -0.39 is 5.82 Å². The molecule has 0 bridgehead atoms. The fourth-order valence-corrected chi connectivity index (χ4v) is 3.24. The number of hydrogen-bond donors (Lipinski definition) is 0. The number of aromatic nitrogens is 2. The van der Waals surface area contributed by atoms with E-state index in [1.165, 1.54) is 0 Å². The van der Waals surface area contributed by atoms with Gasteiger partial charge in [0.2, 0.25) is 0 Å². The lowest BCUT2D eigenvalue weighted by Gasteiger charge is -2.25. The van der Waals surface area contributed by atoms with Crippen LogP contribution < -0.4 is 0 Å². The van der Waals surface area contributed by atoms with Gasteiger partial charge in [-0.15, -0.1) is 0 Å². The second-order valence-electron chi connectivity index (χ2n) is 5.29. The van der Waals surface area contributed by atoms with Crippen LogP contribution in [0.3, 0.4) is 0 Å². The summed E-state index contributed by atoms with van der Waals surface area (Å²) in [5.74, 6) is -0.202. The number of rotatable bonds is 0. The van der Waals surface area contributed by atoms with Gasteiger partial charge in [0.1, 0.15) is 0 Å². The third-order valence-corrected chi connectivity index (χ3v) is 4.32. The standard InChI is InChI=1S/C16H12ClFN2/c1-9-8-20-12-5-3-2-4-10(12)6-13(20)14-11(9)7-19-16(17)15(14)18/h2-7,9H,8H2,1H3. The first-order valence-corrected chi connectivity index (χ1v) is 6.97. The minimum atomic E-state index is -0.417. The second-order valence-corrected chi connectivity index (χ2v) is 5.65. The lowest BCUT2D eigenvalue weighted by atomic mass is 9.92. The van der Waals surface area contributed by atoms with E-state index in [-0.39, 0.29) is 11.1 Å². The average Bonchev–Trinajstić information content (AvgIpc) is 2.81. The Morgan fingerprint density at radius 1 is 1.35 bits per heavy atom. The summed E-state index contributed by atoms with van der Waals surface area (Å²) in [5.41, 5.74) is 3.55. The summed E-state index contributed by atoms with van der Waals surface area (Å²) in [6.45, 7) is 2.92. The molecule has 2 nitrogen and oxygen atoms in total. The minimum absolute atomic E-state index is 0.0605. The van der Waals surface area contributed by atoms with Crippen molar-refractivity contribution in [3.8, 4) is 11.3 Å². The van der Waals surface area contributed by atoms with Crippen LogP contribution in [0.1, 0.15) is 18.4 Å². The van der Waals surface area contributed by atoms with Gasteiger partial charge in [0, 0.05) is 35.1 Å². The highest BCUT2D eigenvalue weighted by molar-refractivity contribution is 6.29. The van der Waals surface area contributed by atoms with Crippen LogP contribution in [0.4, 0.5) is 4.39 Å². The highest BCUT2D eigenvalue weighted by atomic mass is 35.5. The molecule has 0 spiro atoms. The first-order chi connectivity index (χ1) is 9.66. The molecule has 3 heterocycles. The van der Waals surface area contributed by atoms with E-state index in [0.29, 0.717) is 5.56 Å². The monoisotopic (exact) mass is 286 g/mol. The third-order valence-electron chi connectivity index (χ3n) is 4.06. The number of benzene rings is 1. The van der Waals surface area contributed by atoms with Gasteiger partial charge in [-0.2, -0.15) is 0 Å². The molecule has 20 heavy (non-hydrogen) atoms. The molecule has 4 heteroatoms. The molecule has 4 rings (SSSR count). The number of para-hydroxylation sites is 1. The first kappa shape index (κ1) is 11.9. The maximum absolute atomic E-state index is 14.5. The maximum atomic E-state index is 14.5. The lowest BCUT2D eigenvalue weighted by Crippen LogP contribution is -2.16. The van der Waals surface area contributed by atoms with E-state index in [1.807, 2.05) is 24.3 Å².